The second kappa shape index (κ2) is 7.97. The van der Waals surface area contributed by atoms with E-state index in [0.717, 1.165) is 0 Å². The number of benzene rings is 2. The van der Waals surface area contributed by atoms with Crippen molar-refractivity contribution in [3.05, 3.63) is 62.0 Å². The number of aliphatic carboxylic acids is 1. The fourth-order valence-corrected chi connectivity index (χ4v) is 5.07. The fraction of sp³-hybridized carbons (Fsp3) is 0.133. The lowest BCUT2D eigenvalue weighted by Gasteiger charge is -2.19. The van der Waals surface area contributed by atoms with Crippen molar-refractivity contribution in [2.75, 3.05) is 0 Å². The van der Waals surface area contributed by atoms with Gasteiger partial charge in [0.15, 0.2) is 0 Å². The summed E-state index contributed by atoms with van der Waals surface area (Å²) in [7, 11) is -3.97. The zero-order valence-electron chi connectivity index (χ0n) is 12.0. The Morgan fingerprint density at radius 3 is 2.50 bits per heavy atom. The molecule has 0 heterocycles. The van der Waals surface area contributed by atoms with E-state index in [2.05, 4.69) is 36.6 Å². The Morgan fingerprint density at radius 2 is 1.88 bits per heavy atom. The second-order valence-corrected chi connectivity index (χ2v) is 8.73. The van der Waals surface area contributed by atoms with Crippen molar-refractivity contribution in [3.8, 4) is 0 Å². The van der Waals surface area contributed by atoms with Gasteiger partial charge in [-0.2, -0.15) is 0 Å². The number of rotatable bonds is 6. The van der Waals surface area contributed by atoms with Crippen LogP contribution in [0.5, 0.6) is 0 Å². The monoisotopic (exact) mass is 495 g/mol. The molecule has 0 fully saturated rings. The Bertz CT molecular complexity index is 874. The quantitative estimate of drug-likeness (QED) is 0.621. The molecule has 0 radical (unpaired) electrons. The molecule has 128 valence electrons. The zero-order valence-corrected chi connectivity index (χ0v) is 16.8. The topological polar surface area (TPSA) is 83.5 Å². The van der Waals surface area contributed by atoms with Gasteiger partial charge in [-0.25, -0.2) is 13.1 Å². The molecule has 1 unspecified atom stereocenters. The third kappa shape index (κ3) is 4.80. The normalized spacial score (nSPS) is 12.8. The lowest BCUT2D eigenvalue weighted by molar-refractivity contribution is -0.137. The van der Waals surface area contributed by atoms with Crippen LogP contribution in [0.25, 0.3) is 0 Å². The number of hydrogen-bond donors (Lipinski definition) is 2. The van der Waals surface area contributed by atoms with Crippen molar-refractivity contribution < 1.29 is 18.3 Å². The van der Waals surface area contributed by atoms with Crippen LogP contribution < -0.4 is 4.72 Å². The Kier molecular flexibility index (Phi) is 6.44. The molecule has 2 rings (SSSR count). The third-order valence-corrected chi connectivity index (χ3v) is 6.44. The average Bonchev–Trinajstić information content (AvgIpc) is 2.48. The van der Waals surface area contributed by atoms with E-state index in [1.165, 1.54) is 6.07 Å². The van der Waals surface area contributed by atoms with Crippen LogP contribution in [0.3, 0.4) is 0 Å². The van der Waals surface area contributed by atoms with E-state index in [-0.39, 0.29) is 4.90 Å². The first-order chi connectivity index (χ1) is 11.2. The number of carboxylic acid groups (broad SMARTS) is 1. The first-order valence-corrected chi connectivity index (χ1v) is 10.1. The Balaban J connectivity index is 2.44. The van der Waals surface area contributed by atoms with Crippen molar-refractivity contribution in [3.63, 3.8) is 0 Å². The maximum atomic E-state index is 12.7. The molecular weight excluding hydrogens is 485 g/mol. The number of carbonyl (C=O) groups is 1. The molecule has 0 bridgehead atoms. The summed E-state index contributed by atoms with van der Waals surface area (Å²) in [4.78, 5) is 11.1. The number of hydrogen-bond acceptors (Lipinski definition) is 3. The van der Waals surface area contributed by atoms with Crippen LogP contribution in [0.15, 0.2) is 56.3 Å². The van der Waals surface area contributed by atoms with Crippen molar-refractivity contribution >= 4 is 59.5 Å². The average molecular weight is 498 g/mol. The maximum Gasteiger partial charge on any atom is 0.305 e. The van der Waals surface area contributed by atoms with Crippen LogP contribution in [0, 0.1) is 0 Å². The lowest BCUT2D eigenvalue weighted by Crippen LogP contribution is -2.30. The summed E-state index contributed by atoms with van der Waals surface area (Å²) < 4.78 is 28.7. The molecule has 0 saturated carbocycles. The van der Waals surface area contributed by atoms with E-state index in [4.69, 9.17) is 16.7 Å². The Morgan fingerprint density at radius 1 is 1.21 bits per heavy atom. The minimum atomic E-state index is -3.97. The van der Waals surface area contributed by atoms with Gasteiger partial charge < -0.3 is 5.11 Å². The standard InChI is InChI=1S/C15H12Br2ClNO4S/c16-9-5-6-11(17)14(7-9)24(22,23)19-13(8-15(20)21)10-3-1-2-4-12(10)18/h1-7,13,19H,8H2,(H,20,21). The molecule has 24 heavy (non-hydrogen) atoms. The van der Waals surface area contributed by atoms with Crippen LogP contribution in [0.1, 0.15) is 18.0 Å². The Hall–Kier alpha value is -0.930. The molecule has 0 aromatic heterocycles. The minimum Gasteiger partial charge on any atom is -0.481 e. The molecular formula is C15H12Br2ClNO4S. The fourth-order valence-electron chi connectivity index (χ4n) is 2.08. The number of nitrogens with one attached hydrogen (secondary N) is 1. The van der Waals surface area contributed by atoms with E-state index in [1.807, 2.05) is 0 Å². The van der Waals surface area contributed by atoms with Gasteiger partial charge in [0, 0.05) is 14.0 Å². The Labute approximate surface area is 161 Å². The first-order valence-electron chi connectivity index (χ1n) is 6.64. The molecule has 2 aromatic rings. The van der Waals surface area contributed by atoms with E-state index in [9.17, 15) is 13.2 Å². The van der Waals surface area contributed by atoms with Crippen molar-refractivity contribution in [2.24, 2.45) is 0 Å². The van der Waals surface area contributed by atoms with E-state index >= 15 is 0 Å². The van der Waals surface area contributed by atoms with Gasteiger partial charge in [0.25, 0.3) is 0 Å². The smallest absolute Gasteiger partial charge is 0.305 e. The van der Waals surface area contributed by atoms with Gasteiger partial charge in [0.2, 0.25) is 10.0 Å². The summed E-state index contributed by atoms with van der Waals surface area (Å²) in [5.74, 6) is -1.14. The van der Waals surface area contributed by atoms with E-state index < -0.39 is 28.5 Å². The molecule has 0 aliphatic rings. The molecule has 0 spiro atoms. The summed E-state index contributed by atoms with van der Waals surface area (Å²) in [5, 5.41) is 9.40. The molecule has 0 saturated heterocycles. The first kappa shape index (κ1) is 19.4. The minimum absolute atomic E-state index is 0.000632. The molecule has 5 nitrogen and oxygen atoms in total. The summed E-state index contributed by atoms with van der Waals surface area (Å²) in [6, 6.07) is 10.2. The summed E-state index contributed by atoms with van der Waals surface area (Å²) in [6.45, 7) is 0. The molecule has 1 atom stereocenters. The molecule has 0 aliphatic carbocycles. The van der Waals surface area contributed by atoms with E-state index in [0.29, 0.717) is 19.5 Å². The zero-order chi connectivity index (χ0) is 17.9. The van der Waals surface area contributed by atoms with Crippen LogP contribution in [-0.4, -0.2) is 19.5 Å². The van der Waals surface area contributed by atoms with Gasteiger partial charge in [-0.1, -0.05) is 45.7 Å². The van der Waals surface area contributed by atoms with Crippen LogP contribution in [0.2, 0.25) is 5.02 Å². The van der Waals surface area contributed by atoms with Gasteiger partial charge in [0.1, 0.15) is 0 Å². The predicted molar refractivity (Wildman–Crippen MR) is 98.6 cm³/mol. The highest BCUT2D eigenvalue weighted by Gasteiger charge is 2.26. The molecule has 2 N–H and O–H groups in total. The predicted octanol–water partition coefficient (Wildman–Crippen LogP) is 4.36. The van der Waals surface area contributed by atoms with Gasteiger partial charge in [-0.15, -0.1) is 0 Å². The highest BCUT2D eigenvalue weighted by Crippen LogP contribution is 2.30. The molecule has 0 aliphatic heterocycles. The van der Waals surface area contributed by atoms with Crippen LogP contribution in [-0.2, 0) is 14.8 Å². The van der Waals surface area contributed by atoms with E-state index in [1.54, 1.807) is 36.4 Å². The van der Waals surface area contributed by atoms with Gasteiger partial charge in [-0.3, -0.25) is 4.79 Å². The molecule has 2 aromatic carbocycles. The number of carboxylic acids is 1. The van der Waals surface area contributed by atoms with Gasteiger partial charge in [-0.05, 0) is 45.8 Å². The largest absolute Gasteiger partial charge is 0.481 e. The lowest BCUT2D eigenvalue weighted by atomic mass is 10.1. The van der Waals surface area contributed by atoms with Crippen LogP contribution >= 0.6 is 43.5 Å². The molecule has 0 amide bonds. The second-order valence-electron chi connectivity index (χ2n) is 4.87. The third-order valence-electron chi connectivity index (χ3n) is 3.14. The SMILES string of the molecule is O=C(O)CC(NS(=O)(=O)c1cc(Br)ccc1Br)c1ccccc1Cl. The van der Waals surface area contributed by atoms with Gasteiger partial charge in [0.05, 0.1) is 17.4 Å². The summed E-state index contributed by atoms with van der Waals surface area (Å²) in [6.07, 6.45) is -0.436. The number of halogens is 3. The number of sulfonamides is 1. The van der Waals surface area contributed by atoms with Crippen molar-refractivity contribution in [1.29, 1.82) is 0 Å². The highest BCUT2D eigenvalue weighted by atomic mass is 79.9. The summed E-state index contributed by atoms with van der Waals surface area (Å²) >= 11 is 12.5. The summed E-state index contributed by atoms with van der Waals surface area (Å²) in [5.41, 5.74) is 0.399. The van der Waals surface area contributed by atoms with Crippen molar-refractivity contribution in [1.82, 2.24) is 4.72 Å². The molecule has 9 heteroatoms. The van der Waals surface area contributed by atoms with Crippen molar-refractivity contribution in [2.45, 2.75) is 17.4 Å². The maximum absolute atomic E-state index is 12.7. The van der Waals surface area contributed by atoms with Crippen LogP contribution in [0.4, 0.5) is 0 Å². The van der Waals surface area contributed by atoms with Gasteiger partial charge >= 0.3 is 5.97 Å². The highest BCUT2D eigenvalue weighted by molar-refractivity contribution is 9.11.